The van der Waals surface area contributed by atoms with Crippen LogP contribution in [0.1, 0.15) is 12.5 Å². The molecular weight excluding hydrogens is 232 g/mol. The third-order valence-electron chi connectivity index (χ3n) is 3.39. The molecular formula is C18H16O. The van der Waals surface area contributed by atoms with E-state index in [0.717, 1.165) is 11.1 Å². The van der Waals surface area contributed by atoms with E-state index in [0.29, 0.717) is 6.61 Å². The molecule has 0 bridgehead atoms. The second kappa shape index (κ2) is 4.77. The van der Waals surface area contributed by atoms with Crippen molar-refractivity contribution in [3.05, 3.63) is 60.7 Å². The second-order valence-corrected chi connectivity index (χ2v) is 4.54. The van der Waals surface area contributed by atoms with Gasteiger partial charge < -0.3 is 4.74 Å². The van der Waals surface area contributed by atoms with Gasteiger partial charge in [-0.1, -0.05) is 43.0 Å². The highest BCUT2D eigenvalue weighted by atomic mass is 16.5. The smallest absolute Gasteiger partial charge is 0.127 e. The Morgan fingerprint density at radius 1 is 1.00 bits per heavy atom. The van der Waals surface area contributed by atoms with Gasteiger partial charge in [0.25, 0.3) is 0 Å². The van der Waals surface area contributed by atoms with Crippen LogP contribution in [0.2, 0.25) is 0 Å². The molecule has 0 N–H and O–H groups in total. The minimum atomic E-state index is 0.684. The molecule has 1 heteroatoms. The van der Waals surface area contributed by atoms with Crippen molar-refractivity contribution in [2.45, 2.75) is 6.92 Å². The largest absolute Gasteiger partial charge is 0.493 e. The van der Waals surface area contributed by atoms with Crippen LogP contribution in [0.3, 0.4) is 0 Å². The number of rotatable bonds is 3. The van der Waals surface area contributed by atoms with Gasteiger partial charge in [-0.25, -0.2) is 0 Å². The molecule has 0 aliphatic carbocycles. The summed E-state index contributed by atoms with van der Waals surface area (Å²) in [5.74, 6) is 0.950. The third kappa shape index (κ3) is 1.97. The first kappa shape index (κ1) is 11.8. The van der Waals surface area contributed by atoms with E-state index in [2.05, 4.69) is 43.0 Å². The second-order valence-electron chi connectivity index (χ2n) is 4.54. The summed E-state index contributed by atoms with van der Waals surface area (Å²) in [7, 11) is 0. The van der Waals surface area contributed by atoms with E-state index in [1.807, 2.05) is 25.1 Å². The van der Waals surface area contributed by atoms with Gasteiger partial charge in [0.2, 0.25) is 0 Å². The van der Waals surface area contributed by atoms with E-state index in [-0.39, 0.29) is 0 Å². The van der Waals surface area contributed by atoms with Gasteiger partial charge in [-0.2, -0.15) is 0 Å². The quantitative estimate of drug-likeness (QED) is 0.590. The first-order valence-corrected chi connectivity index (χ1v) is 6.54. The van der Waals surface area contributed by atoms with Crippen LogP contribution in [0.15, 0.2) is 55.1 Å². The lowest BCUT2D eigenvalue weighted by Gasteiger charge is -2.10. The molecule has 3 aromatic carbocycles. The summed E-state index contributed by atoms with van der Waals surface area (Å²) in [6.07, 6.45) is 1.90. The highest BCUT2D eigenvalue weighted by Crippen LogP contribution is 2.31. The average Bonchev–Trinajstić information content (AvgIpc) is 2.45. The van der Waals surface area contributed by atoms with E-state index >= 15 is 0 Å². The predicted molar refractivity (Wildman–Crippen MR) is 82.7 cm³/mol. The molecule has 3 rings (SSSR count). The Hall–Kier alpha value is -2.28. The molecule has 0 heterocycles. The molecule has 19 heavy (non-hydrogen) atoms. The lowest BCUT2D eigenvalue weighted by atomic mass is 9.99. The Morgan fingerprint density at radius 2 is 1.68 bits per heavy atom. The summed E-state index contributed by atoms with van der Waals surface area (Å²) in [5.41, 5.74) is 1.17. The lowest BCUT2D eigenvalue weighted by molar-refractivity contribution is 0.344. The standard InChI is InChI=1S/C18H16O/c1-3-13-7-5-8-14-12-17-15(11-16(13)14)9-6-10-18(17)19-4-2/h3,5-12H,1,4H2,2H3. The van der Waals surface area contributed by atoms with E-state index in [4.69, 9.17) is 4.74 Å². The van der Waals surface area contributed by atoms with Crippen molar-refractivity contribution in [3.63, 3.8) is 0 Å². The fourth-order valence-electron chi connectivity index (χ4n) is 2.51. The fraction of sp³-hybridized carbons (Fsp3) is 0.111. The van der Waals surface area contributed by atoms with Gasteiger partial charge in [-0.15, -0.1) is 0 Å². The van der Waals surface area contributed by atoms with Gasteiger partial charge in [0.15, 0.2) is 0 Å². The van der Waals surface area contributed by atoms with Crippen LogP contribution in [0.25, 0.3) is 27.6 Å². The van der Waals surface area contributed by atoms with E-state index in [9.17, 15) is 0 Å². The fourth-order valence-corrected chi connectivity index (χ4v) is 2.51. The summed E-state index contributed by atoms with van der Waals surface area (Å²) in [5, 5.41) is 4.82. The number of hydrogen-bond acceptors (Lipinski definition) is 1. The highest BCUT2D eigenvalue weighted by molar-refractivity contribution is 6.03. The molecule has 0 atom stereocenters. The molecule has 94 valence electrons. The molecule has 0 unspecified atom stereocenters. The molecule has 0 aliphatic heterocycles. The van der Waals surface area contributed by atoms with Gasteiger partial charge in [-0.3, -0.25) is 0 Å². The van der Waals surface area contributed by atoms with Crippen LogP contribution in [0.4, 0.5) is 0 Å². The summed E-state index contributed by atoms with van der Waals surface area (Å²) >= 11 is 0. The van der Waals surface area contributed by atoms with Crippen LogP contribution in [-0.4, -0.2) is 6.61 Å². The maximum Gasteiger partial charge on any atom is 0.127 e. The SMILES string of the molecule is C=Cc1cccc2cc3c(OCC)cccc3cc12. The van der Waals surface area contributed by atoms with Crippen LogP contribution in [0, 0.1) is 0 Å². The van der Waals surface area contributed by atoms with E-state index < -0.39 is 0 Å². The molecule has 1 nitrogen and oxygen atoms in total. The van der Waals surface area contributed by atoms with Crippen molar-refractivity contribution in [1.29, 1.82) is 0 Å². The van der Waals surface area contributed by atoms with Crippen molar-refractivity contribution < 1.29 is 4.74 Å². The molecule has 3 aromatic rings. The number of ether oxygens (including phenoxy) is 1. The number of fused-ring (bicyclic) bond motifs is 2. The van der Waals surface area contributed by atoms with Gasteiger partial charge in [0.05, 0.1) is 6.61 Å². The van der Waals surface area contributed by atoms with Crippen molar-refractivity contribution in [1.82, 2.24) is 0 Å². The average molecular weight is 248 g/mol. The van der Waals surface area contributed by atoms with Gasteiger partial charge >= 0.3 is 0 Å². The van der Waals surface area contributed by atoms with Crippen LogP contribution in [0.5, 0.6) is 5.75 Å². The first-order valence-electron chi connectivity index (χ1n) is 6.54. The lowest BCUT2D eigenvalue weighted by Crippen LogP contribution is -1.92. The van der Waals surface area contributed by atoms with Gasteiger partial charge in [0, 0.05) is 5.39 Å². The predicted octanol–water partition coefficient (Wildman–Crippen LogP) is 5.03. The zero-order valence-corrected chi connectivity index (χ0v) is 11.0. The highest BCUT2D eigenvalue weighted by Gasteiger charge is 2.05. The Labute approximate surface area is 113 Å². The Balaban J connectivity index is 2.37. The Bertz CT molecular complexity index is 756. The molecule has 0 aliphatic rings. The summed E-state index contributed by atoms with van der Waals surface area (Å²) < 4.78 is 5.70. The first-order chi connectivity index (χ1) is 9.33. The maximum absolute atomic E-state index is 5.70. The van der Waals surface area contributed by atoms with Gasteiger partial charge in [0.1, 0.15) is 5.75 Å². The zero-order chi connectivity index (χ0) is 13.2. The van der Waals surface area contributed by atoms with Crippen LogP contribution < -0.4 is 4.74 Å². The van der Waals surface area contributed by atoms with Gasteiger partial charge in [-0.05, 0) is 46.8 Å². The maximum atomic E-state index is 5.70. The number of benzene rings is 3. The Kier molecular flexibility index (Phi) is 2.96. The van der Waals surface area contributed by atoms with E-state index in [1.54, 1.807) is 0 Å². The molecule has 0 amide bonds. The van der Waals surface area contributed by atoms with Crippen LogP contribution >= 0.6 is 0 Å². The molecule has 0 aromatic heterocycles. The van der Waals surface area contributed by atoms with Crippen molar-refractivity contribution in [3.8, 4) is 5.75 Å². The monoisotopic (exact) mass is 248 g/mol. The molecule has 0 fully saturated rings. The summed E-state index contributed by atoms with van der Waals surface area (Å²) in [4.78, 5) is 0. The van der Waals surface area contributed by atoms with Crippen molar-refractivity contribution >= 4 is 27.6 Å². The Morgan fingerprint density at radius 3 is 2.42 bits per heavy atom. The normalized spacial score (nSPS) is 10.8. The summed E-state index contributed by atoms with van der Waals surface area (Å²) in [6.45, 7) is 6.58. The third-order valence-corrected chi connectivity index (χ3v) is 3.39. The molecule has 0 saturated carbocycles. The van der Waals surface area contributed by atoms with Crippen molar-refractivity contribution in [2.75, 3.05) is 6.61 Å². The topological polar surface area (TPSA) is 9.23 Å². The van der Waals surface area contributed by atoms with E-state index in [1.165, 1.54) is 21.7 Å². The zero-order valence-electron chi connectivity index (χ0n) is 11.0. The minimum Gasteiger partial charge on any atom is -0.493 e. The molecule has 0 spiro atoms. The number of hydrogen-bond donors (Lipinski definition) is 0. The summed E-state index contributed by atoms with van der Waals surface area (Å²) in [6, 6.07) is 16.9. The minimum absolute atomic E-state index is 0.684. The van der Waals surface area contributed by atoms with Crippen molar-refractivity contribution in [2.24, 2.45) is 0 Å². The van der Waals surface area contributed by atoms with Crippen LogP contribution in [-0.2, 0) is 0 Å². The molecule has 0 saturated heterocycles. The molecule has 0 radical (unpaired) electrons.